The summed E-state index contributed by atoms with van der Waals surface area (Å²) < 4.78 is 26.9. The third kappa shape index (κ3) is 6.06. The Hall–Kier alpha value is -3.03. The molecule has 0 N–H and O–H groups in total. The topological polar surface area (TPSA) is 64.0 Å². The molecule has 2 rings (SSSR count). The zero-order valence-corrected chi connectivity index (χ0v) is 20.6. The second kappa shape index (κ2) is 12.3. The minimum atomic E-state index is -0.602. The fourth-order valence-corrected chi connectivity index (χ4v) is 3.24. The number of unbranched alkanes of at least 4 members (excludes halogenated alkanes) is 2. The van der Waals surface area contributed by atoms with E-state index in [1.54, 1.807) is 57.0 Å². The molecule has 0 fully saturated rings. The van der Waals surface area contributed by atoms with Crippen LogP contribution in [0.5, 0.6) is 11.5 Å². The van der Waals surface area contributed by atoms with Gasteiger partial charge in [0, 0.05) is 33.9 Å². The van der Waals surface area contributed by atoms with Gasteiger partial charge in [-0.25, -0.2) is 4.39 Å². The van der Waals surface area contributed by atoms with Crippen LogP contribution in [0.2, 0.25) is 0 Å². The number of hydrogen-bond donors (Lipinski definition) is 0. The first kappa shape index (κ1) is 26.2. The van der Waals surface area contributed by atoms with Crippen LogP contribution < -0.4 is 9.47 Å². The van der Waals surface area contributed by atoms with Crippen molar-refractivity contribution in [3.05, 3.63) is 41.2 Å². The van der Waals surface area contributed by atoms with Crippen LogP contribution in [0.1, 0.15) is 66.1 Å². The number of nitrogens with zero attached hydrogens (tertiary/aromatic N) is 3. The zero-order chi connectivity index (χ0) is 24.5. The summed E-state index contributed by atoms with van der Waals surface area (Å²) in [5.41, 5.74) is 1.47. The normalized spacial score (nSPS) is 10.8. The SMILES string of the molecule is CCCCOc1c(OCCCC)c(C(=O)N(C)C)n(-c2ccc(CF)cc2)c1C(=O)N(C)C. The highest BCUT2D eigenvalue weighted by molar-refractivity contribution is 6.04. The van der Waals surface area contributed by atoms with Crippen LogP contribution in [0.15, 0.2) is 24.3 Å². The Kier molecular flexibility index (Phi) is 9.75. The fraction of sp³-hybridized carbons (Fsp3) is 0.520. The van der Waals surface area contributed by atoms with Gasteiger partial charge in [0.2, 0.25) is 0 Å². The first-order valence-corrected chi connectivity index (χ1v) is 11.4. The maximum atomic E-state index is 13.4. The average molecular weight is 462 g/mol. The van der Waals surface area contributed by atoms with Crippen LogP contribution in [0.25, 0.3) is 5.69 Å². The molecule has 0 unspecified atom stereocenters. The molecule has 8 heteroatoms. The van der Waals surface area contributed by atoms with E-state index in [-0.39, 0.29) is 34.7 Å². The summed E-state index contributed by atoms with van der Waals surface area (Å²) in [5.74, 6) is -0.125. The molecule has 0 spiro atoms. The molecule has 7 nitrogen and oxygen atoms in total. The number of amides is 2. The predicted molar refractivity (Wildman–Crippen MR) is 127 cm³/mol. The minimum absolute atomic E-state index is 0.209. The number of aromatic nitrogens is 1. The van der Waals surface area contributed by atoms with Gasteiger partial charge in [0.25, 0.3) is 11.8 Å². The molecule has 1 aromatic heterocycles. The maximum Gasteiger partial charge on any atom is 0.274 e. The summed E-state index contributed by atoms with van der Waals surface area (Å²) in [6.07, 6.45) is 3.41. The van der Waals surface area contributed by atoms with E-state index in [1.165, 1.54) is 9.80 Å². The molecule has 0 aliphatic rings. The maximum absolute atomic E-state index is 13.4. The number of carbonyl (C=O) groups excluding carboxylic acids is 2. The number of benzene rings is 1. The number of rotatable bonds is 12. The summed E-state index contributed by atoms with van der Waals surface area (Å²) in [6.45, 7) is 4.26. The van der Waals surface area contributed by atoms with E-state index in [9.17, 15) is 14.0 Å². The Morgan fingerprint density at radius 1 is 0.818 bits per heavy atom. The van der Waals surface area contributed by atoms with Crippen molar-refractivity contribution in [1.82, 2.24) is 14.4 Å². The van der Waals surface area contributed by atoms with Crippen molar-refractivity contribution in [3.8, 4) is 17.2 Å². The Labute approximate surface area is 196 Å². The van der Waals surface area contributed by atoms with E-state index in [1.807, 2.05) is 13.8 Å². The predicted octanol–water partition coefficient (Wildman–Crippen LogP) is 4.71. The lowest BCUT2D eigenvalue weighted by Gasteiger charge is -2.18. The van der Waals surface area contributed by atoms with Crippen LogP contribution in [0.3, 0.4) is 0 Å². The van der Waals surface area contributed by atoms with E-state index in [2.05, 4.69) is 0 Å². The second-order valence-corrected chi connectivity index (χ2v) is 8.29. The number of ether oxygens (including phenoxy) is 2. The molecule has 0 saturated carbocycles. The minimum Gasteiger partial charge on any atom is -0.487 e. The fourth-order valence-electron chi connectivity index (χ4n) is 3.24. The largest absolute Gasteiger partial charge is 0.487 e. The lowest BCUT2D eigenvalue weighted by atomic mass is 10.2. The number of carbonyl (C=O) groups is 2. The van der Waals surface area contributed by atoms with Crippen molar-refractivity contribution in [3.63, 3.8) is 0 Å². The number of alkyl halides is 1. The van der Waals surface area contributed by atoms with E-state index in [0.29, 0.717) is 24.5 Å². The highest BCUT2D eigenvalue weighted by Gasteiger charge is 2.35. The van der Waals surface area contributed by atoms with Crippen LogP contribution in [-0.4, -0.2) is 67.6 Å². The highest BCUT2D eigenvalue weighted by atomic mass is 19.1. The van der Waals surface area contributed by atoms with Gasteiger partial charge < -0.3 is 19.3 Å². The van der Waals surface area contributed by atoms with Gasteiger partial charge in [-0.2, -0.15) is 0 Å². The molecular formula is C25H36FN3O4. The van der Waals surface area contributed by atoms with Crippen LogP contribution in [-0.2, 0) is 6.67 Å². The molecule has 2 aromatic rings. The summed E-state index contributed by atoms with van der Waals surface area (Å²) in [6, 6.07) is 6.66. The molecule has 0 saturated heterocycles. The summed E-state index contributed by atoms with van der Waals surface area (Å²) >= 11 is 0. The molecule has 0 aliphatic heterocycles. The van der Waals surface area contributed by atoms with E-state index in [4.69, 9.17) is 9.47 Å². The summed E-state index contributed by atoms with van der Waals surface area (Å²) in [7, 11) is 6.58. The standard InChI is InChI=1S/C25H36FN3O4/c1-7-9-15-32-22-20(24(30)27(3)4)29(19-13-11-18(17-26)12-14-19)21(25(31)28(5)6)23(22)33-16-10-8-2/h11-14H,7-10,15-17H2,1-6H3. The third-order valence-corrected chi connectivity index (χ3v) is 5.14. The van der Waals surface area contributed by atoms with Gasteiger partial charge in [0.05, 0.1) is 13.2 Å². The lowest BCUT2D eigenvalue weighted by molar-refractivity contribution is 0.0810. The smallest absolute Gasteiger partial charge is 0.274 e. The van der Waals surface area contributed by atoms with Gasteiger partial charge in [-0.15, -0.1) is 0 Å². The van der Waals surface area contributed by atoms with Crippen LogP contribution >= 0.6 is 0 Å². The molecular weight excluding hydrogens is 425 g/mol. The van der Waals surface area contributed by atoms with Crippen molar-refractivity contribution in [2.75, 3.05) is 41.4 Å². The molecule has 0 atom stereocenters. The average Bonchev–Trinajstić information content (AvgIpc) is 3.12. The Bertz CT molecular complexity index is 885. The summed E-state index contributed by atoms with van der Waals surface area (Å²) in [5, 5.41) is 0. The number of halogens is 1. The molecule has 0 aliphatic carbocycles. The van der Waals surface area contributed by atoms with Gasteiger partial charge in [-0.1, -0.05) is 38.8 Å². The van der Waals surface area contributed by atoms with Crippen molar-refractivity contribution >= 4 is 11.8 Å². The molecule has 1 aromatic carbocycles. The van der Waals surface area contributed by atoms with E-state index >= 15 is 0 Å². The monoisotopic (exact) mass is 461 g/mol. The van der Waals surface area contributed by atoms with Gasteiger partial charge in [0.1, 0.15) is 6.67 Å². The van der Waals surface area contributed by atoms with Gasteiger partial charge >= 0.3 is 0 Å². The van der Waals surface area contributed by atoms with Gasteiger partial charge in [-0.05, 0) is 30.5 Å². The zero-order valence-electron chi connectivity index (χ0n) is 20.6. The van der Waals surface area contributed by atoms with E-state index in [0.717, 1.165) is 25.7 Å². The van der Waals surface area contributed by atoms with Gasteiger partial charge in [-0.3, -0.25) is 14.2 Å². The van der Waals surface area contributed by atoms with Crippen LogP contribution in [0.4, 0.5) is 4.39 Å². The molecule has 1 heterocycles. The molecule has 182 valence electrons. The quantitative estimate of drug-likeness (QED) is 0.430. The summed E-state index contributed by atoms with van der Waals surface area (Å²) in [4.78, 5) is 29.7. The molecule has 33 heavy (non-hydrogen) atoms. The molecule has 0 bridgehead atoms. The Balaban J connectivity index is 2.88. The Morgan fingerprint density at radius 2 is 1.24 bits per heavy atom. The molecule has 0 radical (unpaired) electrons. The first-order chi connectivity index (χ1) is 15.8. The number of hydrogen-bond acceptors (Lipinski definition) is 4. The highest BCUT2D eigenvalue weighted by Crippen LogP contribution is 2.42. The van der Waals surface area contributed by atoms with Crippen molar-refractivity contribution in [2.45, 2.75) is 46.2 Å². The van der Waals surface area contributed by atoms with Gasteiger partial charge in [0.15, 0.2) is 22.9 Å². The van der Waals surface area contributed by atoms with Crippen LogP contribution in [0, 0.1) is 0 Å². The second-order valence-electron chi connectivity index (χ2n) is 8.29. The Morgan fingerprint density at radius 3 is 1.58 bits per heavy atom. The third-order valence-electron chi connectivity index (χ3n) is 5.14. The molecule has 2 amide bonds. The van der Waals surface area contributed by atoms with Crippen molar-refractivity contribution in [2.24, 2.45) is 0 Å². The van der Waals surface area contributed by atoms with E-state index < -0.39 is 6.67 Å². The lowest BCUT2D eigenvalue weighted by Crippen LogP contribution is -2.28. The first-order valence-electron chi connectivity index (χ1n) is 11.4. The van der Waals surface area contributed by atoms with Crippen molar-refractivity contribution in [1.29, 1.82) is 0 Å². The van der Waals surface area contributed by atoms with Crippen molar-refractivity contribution < 1.29 is 23.5 Å².